The van der Waals surface area contributed by atoms with Gasteiger partial charge in [-0.1, -0.05) is 140 Å². The van der Waals surface area contributed by atoms with E-state index >= 15 is 0 Å². The molecule has 0 aromatic heterocycles. The molecule has 7 aliphatic carbocycles. The van der Waals surface area contributed by atoms with Crippen LogP contribution in [0.25, 0.3) is 0 Å². The van der Waals surface area contributed by atoms with Crippen LogP contribution in [0.1, 0.15) is 113 Å². The van der Waals surface area contributed by atoms with Gasteiger partial charge in [0.25, 0.3) is 0 Å². The lowest BCUT2D eigenvalue weighted by atomic mass is 9.52. The van der Waals surface area contributed by atoms with Crippen molar-refractivity contribution in [2.45, 2.75) is 120 Å². The van der Waals surface area contributed by atoms with E-state index in [1.807, 2.05) is 0 Å². The van der Waals surface area contributed by atoms with Crippen molar-refractivity contribution >= 4 is 5.71 Å². The van der Waals surface area contributed by atoms with Crippen LogP contribution in [-0.4, -0.2) is 17.9 Å². The highest BCUT2D eigenvalue weighted by molar-refractivity contribution is 6.05. The van der Waals surface area contributed by atoms with Crippen molar-refractivity contribution in [3.63, 3.8) is 0 Å². The zero-order valence-corrected chi connectivity index (χ0v) is 35.1. The standard InChI is InChI=1S/C57H63NO/c1-39-36-52(58-56(40(2)55(39)43-20-8-4-9-21-43)47-25-17-23-45(38-47)41-18-6-3-7-19-41)46-24-16-22-44(37-46)42-32-34-49(35-33-42)57(48-26-10-5-11-27-48)50-28-12-14-30-53(50)59-54-31-15-13-29-51(54)57/h3,6-8,10,12,16,18,20-21,24,26,28-29,31-35,37-38,41,44-45,48,50,53,55-56H,1-2,4-5,9,11,13-15,17,19,22-23,25,27,30,36H2. The van der Waals surface area contributed by atoms with Crippen molar-refractivity contribution in [3.05, 3.63) is 191 Å². The fraction of sp³-hybridized carbons (Fsp3) is 0.421. The number of hydrogen-bond donors (Lipinski definition) is 0. The molecular weight excluding hydrogens is 715 g/mol. The van der Waals surface area contributed by atoms with Crippen molar-refractivity contribution in [3.8, 4) is 0 Å². The minimum absolute atomic E-state index is 0.0273. The van der Waals surface area contributed by atoms with Crippen molar-refractivity contribution in [2.24, 2.45) is 34.6 Å². The molecule has 1 fully saturated rings. The molecule has 9 atom stereocenters. The molecule has 2 aliphatic heterocycles. The van der Waals surface area contributed by atoms with Crippen LogP contribution in [0, 0.1) is 29.6 Å². The number of benzene rings is 1. The van der Waals surface area contributed by atoms with E-state index in [9.17, 15) is 0 Å². The molecule has 1 aromatic carbocycles. The summed E-state index contributed by atoms with van der Waals surface area (Å²) >= 11 is 0. The van der Waals surface area contributed by atoms with Gasteiger partial charge in [0.2, 0.25) is 0 Å². The van der Waals surface area contributed by atoms with E-state index in [4.69, 9.17) is 22.9 Å². The number of hydrogen-bond acceptors (Lipinski definition) is 2. The predicted molar refractivity (Wildman–Crippen MR) is 247 cm³/mol. The monoisotopic (exact) mass is 777 g/mol. The summed E-state index contributed by atoms with van der Waals surface area (Å²) in [5.74, 6) is 3.49. The Morgan fingerprint density at radius 1 is 0.712 bits per heavy atom. The van der Waals surface area contributed by atoms with Gasteiger partial charge in [-0.3, -0.25) is 4.99 Å². The van der Waals surface area contributed by atoms with Gasteiger partial charge in [-0.25, -0.2) is 0 Å². The van der Waals surface area contributed by atoms with Crippen LogP contribution < -0.4 is 0 Å². The summed E-state index contributed by atoms with van der Waals surface area (Å²) in [6, 6.07) is 9.91. The molecule has 1 aromatic rings. The average molecular weight is 778 g/mol. The molecule has 0 spiro atoms. The van der Waals surface area contributed by atoms with Crippen LogP contribution in [0.3, 0.4) is 0 Å². The lowest BCUT2D eigenvalue weighted by Gasteiger charge is -2.55. The van der Waals surface area contributed by atoms with E-state index in [-0.39, 0.29) is 23.5 Å². The zero-order valence-electron chi connectivity index (χ0n) is 35.1. The molecule has 2 heteroatoms. The highest BCUT2D eigenvalue weighted by atomic mass is 16.5. The molecular formula is C57H63NO. The average Bonchev–Trinajstić information content (AvgIpc) is 3.44. The maximum atomic E-state index is 6.86. The van der Waals surface area contributed by atoms with Crippen LogP contribution in [0.2, 0.25) is 0 Å². The molecule has 302 valence electrons. The summed E-state index contributed by atoms with van der Waals surface area (Å²) in [5.41, 5.74) is 11.9. The lowest BCUT2D eigenvalue weighted by Crippen LogP contribution is -2.53. The van der Waals surface area contributed by atoms with Gasteiger partial charge in [0.1, 0.15) is 11.9 Å². The van der Waals surface area contributed by atoms with E-state index in [1.54, 1.807) is 0 Å². The highest BCUT2D eigenvalue weighted by Gasteiger charge is 2.56. The minimum Gasteiger partial charge on any atom is -0.490 e. The fourth-order valence-corrected chi connectivity index (χ4v) is 12.5. The van der Waals surface area contributed by atoms with Crippen molar-refractivity contribution < 1.29 is 4.74 Å². The Morgan fingerprint density at radius 2 is 1.59 bits per heavy atom. The maximum Gasteiger partial charge on any atom is 0.119 e. The van der Waals surface area contributed by atoms with E-state index in [2.05, 4.69) is 128 Å². The molecule has 9 aliphatic rings. The molecule has 0 N–H and O–H groups in total. The Hall–Kier alpha value is -4.69. The third-order valence-corrected chi connectivity index (χ3v) is 15.3. The Kier molecular flexibility index (Phi) is 10.9. The lowest BCUT2D eigenvalue weighted by molar-refractivity contribution is 0.000465. The normalized spacial score (nSPS) is 35.3. The Labute approximate surface area is 354 Å². The van der Waals surface area contributed by atoms with Gasteiger partial charge in [-0.15, -0.1) is 0 Å². The molecule has 0 radical (unpaired) electrons. The third-order valence-electron chi connectivity index (χ3n) is 15.3. The summed E-state index contributed by atoms with van der Waals surface area (Å²) in [6.07, 6.45) is 58.0. The Morgan fingerprint density at radius 3 is 2.42 bits per heavy atom. The first-order valence-electron chi connectivity index (χ1n) is 23.3. The van der Waals surface area contributed by atoms with Gasteiger partial charge in [0.15, 0.2) is 0 Å². The van der Waals surface area contributed by atoms with Gasteiger partial charge in [0.05, 0.1) is 6.04 Å². The minimum atomic E-state index is -0.113. The molecule has 1 saturated heterocycles. The molecule has 2 heterocycles. The fourth-order valence-electron chi connectivity index (χ4n) is 12.5. The summed E-state index contributed by atoms with van der Waals surface area (Å²) in [5, 5.41) is 0. The quantitative estimate of drug-likeness (QED) is 0.253. The largest absolute Gasteiger partial charge is 0.490 e. The van der Waals surface area contributed by atoms with Crippen LogP contribution in [0.5, 0.6) is 0 Å². The van der Waals surface area contributed by atoms with Crippen molar-refractivity contribution in [1.29, 1.82) is 0 Å². The molecule has 0 saturated carbocycles. The molecule has 2 nitrogen and oxygen atoms in total. The van der Waals surface area contributed by atoms with E-state index < -0.39 is 0 Å². The second kappa shape index (κ2) is 16.8. The number of rotatable bonds is 7. The summed E-state index contributed by atoms with van der Waals surface area (Å²) in [4.78, 5) is 5.77. The second-order valence-corrected chi connectivity index (χ2v) is 18.8. The summed E-state index contributed by atoms with van der Waals surface area (Å²) < 4.78 is 6.86. The van der Waals surface area contributed by atoms with Crippen molar-refractivity contribution in [1.82, 2.24) is 0 Å². The number of allylic oxidation sites excluding steroid dienone is 20. The summed E-state index contributed by atoms with van der Waals surface area (Å²) in [7, 11) is 0. The van der Waals surface area contributed by atoms with Gasteiger partial charge in [-0.2, -0.15) is 0 Å². The zero-order chi connectivity index (χ0) is 39.8. The van der Waals surface area contributed by atoms with Gasteiger partial charge in [-0.05, 0) is 147 Å². The second-order valence-electron chi connectivity index (χ2n) is 18.8. The number of ether oxygens (including phenoxy) is 1. The Bertz CT molecular complexity index is 2220. The SMILES string of the molecule is C=C1CC(C2=CC(c3ccc(C4(C5C=CCCC5)C5=CCCC=C5OC5CCC=CC54)cc3)CC=C2)=NC(C2=CC(C3C=CC=CC3)CCC2)C(=C)C1C1=CCCC=C1. The highest BCUT2D eigenvalue weighted by Crippen LogP contribution is 2.59. The summed E-state index contributed by atoms with van der Waals surface area (Å²) in [6.45, 7) is 9.68. The predicted octanol–water partition coefficient (Wildman–Crippen LogP) is 14.3. The number of nitrogens with zero attached hydrogens (tertiary/aromatic N) is 1. The van der Waals surface area contributed by atoms with Gasteiger partial charge < -0.3 is 4.74 Å². The molecule has 0 amide bonds. The maximum absolute atomic E-state index is 6.86. The number of aliphatic imine (C=N–C) groups is 1. The topological polar surface area (TPSA) is 21.6 Å². The third kappa shape index (κ3) is 7.23. The van der Waals surface area contributed by atoms with E-state index in [0.29, 0.717) is 29.6 Å². The smallest absolute Gasteiger partial charge is 0.119 e. The molecule has 0 bridgehead atoms. The van der Waals surface area contributed by atoms with E-state index in [0.717, 1.165) is 70.0 Å². The van der Waals surface area contributed by atoms with E-state index in [1.165, 1.54) is 82.4 Å². The van der Waals surface area contributed by atoms with Gasteiger partial charge >= 0.3 is 0 Å². The first kappa shape index (κ1) is 38.5. The van der Waals surface area contributed by atoms with Crippen LogP contribution in [0.15, 0.2) is 185 Å². The molecule has 9 unspecified atom stereocenters. The van der Waals surface area contributed by atoms with Crippen LogP contribution in [-0.2, 0) is 10.2 Å². The first-order valence-corrected chi connectivity index (χ1v) is 23.3. The van der Waals surface area contributed by atoms with Crippen LogP contribution >= 0.6 is 0 Å². The number of fused-ring (bicyclic) bond motifs is 2. The van der Waals surface area contributed by atoms with Gasteiger partial charge in [0, 0.05) is 40.9 Å². The van der Waals surface area contributed by atoms with Crippen LogP contribution in [0.4, 0.5) is 0 Å². The Balaban J connectivity index is 0.999. The van der Waals surface area contributed by atoms with Crippen molar-refractivity contribution in [2.75, 3.05) is 0 Å². The molecule has 10 rings (SSSR count). The first-order chi connectivity index (χ1) is 29.1. The molecule has 59 heavy (non-hydrogen) atoms.